The van der Waals surface area contributed by atoms with Gasteiger partial charge in [0.1, 0.15) is 0 Å². The van der Waals surface area contributed by atoms with Crippen molar-refractivity contribution < 1.29 is 9.53 Å². The van der Waals surface area contributed by atoms with Crippen molar-refractivity contribution in [2.24, 2.45) is 5.92 Å². The minimum atomic E-state index is 0.273. The second-order valence-electron chi connectivity index (χ2n) is 4.10. The molecular weight excluding hydrogens is 190 g/mol. The van der Waals surface area contributed by atoms with Gasteiger partial charge >= 0.3 is 0 Å². The lowest BCUT2D eigenvalue weighted by molar-refractivity contribution is -0.135. The summed E-state index contributed by atoms with van der Waals surface area (Å²) >= 11 is 0. The summed E-state index contributed by atoms with van der Waals surface area (Å²) in [5.74, 6) is 0.789. The minimum Gasteiger partial charge on any atom is -0.378 e. The number of nitrogens with zero attached hydrogens (tertiary/aromatic N) is 1. The van der Waals surface area contributed by atoms with Crippen LogP contribution >= 0.6 is 0 Å². The summed E-state index contributed by atoms with van der Waals surface area (Å²) < 4.78 is 5.20. The minimum absolute atomic E-state index is 0.273. The molecule has 1 fully saturated rings. The molecule has 1 amide bonds. The summed E-state index contributed by atoms with van der Waals surface area (Å²) in [6.07, 6.45) is 4.63. The van der Waals surface area contributed by atoms with Crippen LogP contribution in [0.3, 0.4) is 0 Å². The second-order valence-corrected chi connectivity index (χ2v) is 4.10. The van der Waals surface area contributed by atoms with Crippen molar-refractivity contribution in [3.63, 3.8) is 0 Å². The fraction of sp³-hybridized carbons (Fsp3) is 0.750. The smallest absolute Gasteiger partial charge is 0.222 e. The maximum absolute atomic E-state index is 11.7. The predicted molar refractivity (Wildman–Crippen MR) is 60.6 cm³/mol. The van der Waals surface area contributed by atoms with Gasteiger partial charge in [-0.1, -0.05) is 13.0 Å². The zero-order valence-electron chi connectivity index (χ0n) is 9.58. The molecule has 1 saturated heterocycles. The molecule has 1 atom stereocenters. The number of hydrogen-bond donors (Lipinski definition) is 0. The molecule has 0 aliphatic carbocycles. The van der Waals surface area contributed by atoms with Crippen LogP contribution in [0, 0.1) is 5.92 Å². The highest BCUT2D eigenvalue weighted by molar-refractivity contribution is 5.76. The number of carbonyl (C=O) groups excluding carboxylic acids is 1. The van der Waals surface area contributed by atoms with Gasteiger partial charge in [0.2, 0.25) is 5.91 Å². The highest BCUT2D eigenvalue weighted by atomic mass is 16.5. The third kappa shape index (κ3) is 4.47. The van der Waals surface area contributed by atoms with Crippen molar-refractivity contribution in [3.8, 4) is 0 Å². The van der Waals surface area contributed by atoms with E-state index < -0.39 is 0 Å². The summed E-state index contributed by atoms with van der Waals surface area (Å²) in [4.78, 5) is 13.6. The molecule has 0 bridgehead atoms. The molecule has 3 heteroatoms. The topological polar surface area (TPSA) is 29.5 Å². The third-order valence-electron chi connectivity index (χ3n) is 2.82. The lowest BCUT2D eigenvalue weighted by atomic mass is 10.0. The van der Waals surface area contributed by atoms with E-state index in [1.54, 1.807) is 0 Å². The monoisotopic (exact) mass is 211 g/mol. The molecule has 0 unspecified atom stereocenters. The highest BCUT2D eigenvalue weighted by Gasteiger charge is 2.15. The van der Waals surface area contributed by atoms with E-state index in [1.165, 1.54) is 0 Å². The molecule has 0 aromatic heterocycles. The predicted octanol–water partition coefficient (Wildman–Crippen LogP) is 1.84. The van der Waals surface area contributed by atoms with Crippen LogP contribution < -0.4 is 0 Å². The molecule has 1 aliphatic rings. The molecule has 0 spiro atoms. The van der Waals surface area contributed by atoms with E-state index in [2.05, 4.69) is 13.5 Å². The standard InChI is InChI=1S/C12H21NO2/c1-3-11(2)5-4-6-12(14)13-7-9-15-10-8-13/h3,11H,1,4-10H2,2H3/t11-/m0/s1. The first-order valence-corrected chi connectivity index (χ1v) is 5.72. The van der Waals surface area contributed by atoms with E-state index in [9.17, 15) is 4.79 Å². The summed E-state index contributed by atoms with van der Waals surface area (Å²) in [6, 6.07) is 0. The van der Waals surface area contributed by atoms with Crippen LogP contribution in [0.2, 0.25) is 0 Å². The lowest BCUT2D eigenvalue weighted by Gasteiger charge is -2.26. The van der Waals surface area contributed by atoms with Gasteiger partial charge in [0, 0.05) is 19.5 Å². The molecule has 0 aromatic carbocycles. The van der Waals surface area contributed by atoms with Crippen LogP contribution in [0.4, 0.5) is 0 Å². The van der Waals surface area contributed by atoms with Gasteiger partial charge < -0.3 is 9.64 Å². The van der Waals surface area contributed by atoms with Gasteiger partial charge in [-0.25, -0.2) is 0 Å². The number of allylic oxidation sites excluding steroid dienone is 1. The first-order chi connectivity index (χ1) is 7.24. The molecular formula is C12H21NO2. The summed E-state index contributed by atoms with van der Waals surface area (Å²) in [5.41, 5.74) is 0. The van der Waals surface area contributed by atoms with Crippen LogP contribution in [0.15, 0.2) is 12.7 Å². The van der Waals surface area contributed by atoms with Gasteiger partial charge in [0.15, 0.2) is 0 Å². The maximum Gasteiger partial charge on any atom is 0.222 e. The Hall–Kier alpha value is -0.830. The Labute approximate surface area is 92.1 Å². The van der Waals surface area contributed by atoms with E-state index in [-0.39, 0.29) is 5.91 Å². The number of morpholine rings is 1. The molecule has 0 N–H and O–H groups in total. The van der Waals surface area contributed by atoms with E-state index in [1.807, 2.05) is 11.0 Å². The fourth-order valence-electron chi connectivity index (χ4n) is 1.66. The Morgan fingerprint density at radius 1 is 1.53 bits per heavy atom. The van der Waals surface area contributed by atoms with Crippen molar-refractivity contribution in [3.05, 3.63) is 12.7 Å². The van der Waals surface area contributed by atoms with E-state index >= 15 is 0 Å². The zero-order chi connectivity index (χ0) is 11.1. The Kier molecular flexibility index (Phi) is 5.40. The van der Waals surface area contributed by atoms with Gasteiger partial charge in [-0.15, -0.1) is 6.58 Å². The molecule has 0 radical (unpaired) electrons. The number of hydrogen-bond acceptors (Lipinski definition) is 2. The third-order valence-corrected chi connectivity index (χ3v) is 2.82. The molecule has 86 valence electrons. The number of ether oxygens (including phenoxy) is 1. The van der Waals surface area contributed by atoms with Crippen LogP contribution in [-0.2, 0) is 9.53 Å². The van der Waals surface area contributed by atoms with Gasteiger partial charge in [0.25, 0.3) is 0 Å². The largest absolute Gasteiger partial charge is 0.378 e. The van der Waals surface area contributed by atoms with Crippen molar-refractivity contribution in [1.29, 1.82) is 0 Å². The summed E-state index contributed by atoms with van der Waals surface area (Å²) in [6.45, 7) is 8.77. The fourth-order valence-corrected chi connectivity index (χ4v) is 1.66. The van der Waals surface area contributed by atoms with Crippen LogP contribution in [0.25, 0.3) is 0 Å². The van der Waals surface area contributed by atoms with Crippen molar-refractivity contribution >= 4 is 5.91 Å². The van der Waals surface area contributed by atoms with Crippen molar-refractivity contribution in [2.75, 3.05) is 26.3 Å². The number of rotatable bonds is 5. The number of carbonyl (C=O) groups is 1. The second kappa shape index (κ2) is 6.62. The highest BCUT2D eigenvalue weighted by Crippen LogP contribution is 2.10. The Morgan fingerprint density at radius 2 is 2.20 bits per heavy atom. The maximum atomic E-state index is 11.7. The molecule has 1 heterocycles. The van der Waals surface area contributed by atoms with Gasteiger partial charge in [0.05, 0.1) is 13.2 Å². The van der Waals surface area contributed by atoms with Gasteiger partial charge in [-0.05, 0) is 18.8 Å². The molecule has 0 saturated carbocycles. The Balaban J connectivity index is 2.14. The van der Waals surface area contributed by atoms with Gasteiger partial charge in [-0.3, -0.25) is 4.79 Å². The van der Waals surface area contributed by atoms with Crippen molar-refractivity contribution in [1.82, 2.24) is 4.90 Å². The molecule has 15 heavy (non-hydrogen) atoms. The molecule has 3 nitrogen and oxygen atoms in total. The van der Waals surface area contributed by atoms with Crippen LogP contribution in [0.5, 0.6) is 0 Å². The Bertz CT molecular complexity index is 210. The quantitative estimate of drug-likeness (QED) is 0.649. The van der Waals surface area contributed by atoms with E-state index in [0.717, 1.165) is 25.9 Å². The SMILES string of the molecule is C=C[C@H](C)CCCC(=O)N1CCOCC1. The first kappa shape index (κ1) is 12.2. The average Bonchev–Trinajstić information content (AvgIpc) is 2.29. The summed E-state index contributed by atoms with van der Waals surface area (Å²) in [5, 5.41) is 0. The van der Waals surface area contributed by atoms with Crippen LogP contribution in [0.1, 0.15) is 26.2 Å². The lowest BCUT2D eigenvalue weighted by Crippen LogP contribution is -2.40. The molecule has 1 aliphatic heterocycles. The van der Waals surface area contributed by atoms with Crippen LogP contribution in [-0.4, -0.2) is 37.1 Å². The first-order valence-electron chi connectivity index (χ1n) is 5.72. The Morgan fingerprint density at radius 3 is 2.80 bits per heavy atom. The zero-order valence-corrected chi connectivity index (χ0v) is 9.58. The molecule has 0 aromatic rings. The number of amides is 1. The molecule has 1 rings (SSSR count). The summed E-state index contributed by atoms with van der Waals surface area (Å²) in [7, 11) is 0. The van der Waals surface area contributed by atoms with E-state index in [0.29, 0.717) is 25.6 Å². The van der Waals surface area contributed by atoms with E-state index in [4.69, 9.17) is 4.74 Å². The average molecular weight is 211 g/mol. The van der Waals surface area contributed by atoms with Gasteiger partial charge in [-0.2, -0.15) is 0 Å². The normalized spacial score (nSPS) is 18.6. The van der Waals surface area contributed by atoms with Crippen molar-refractivity contribution in [2.45, 2.75) is 26.2 Å².